The third-order valence-corrected chi connectivity index (χ3v) is 5.00. The molecule has 0 saturated carbocycles. The number of carbonyl (C=O) groups excluding carboxylic acids is 1. The number of nitro benzene ring substituents is 1. The molecule has 0 fully saturated rings. The molecular formula is C24H21Cl2N3O5. The van der Waals surface area contributed by atoms with Crippen molar-refractivity contribution in [1.29, 1.82) is 0 Å². The highest BCUT2D eigenvalue weighted by atomic mass is 35.5. The SMILES string of the molecule is Cc1ccccc1C(=NC(=O)Nc1cc(Cl)c(Oc2ccc([N+](=O)[O-])cc2)c(Cl)c1)OC(C)C. The smallest absolute Gasteiger partial charge is 0.348 e. The molecule has 0 aliphatic heterocycles. The van der Waals surface area contributed by atoms with Crippen LogP contribution in [0.1, 0.15) is 25.0 Å². The van der Waals surface area contributed by atoms with Crippen molar-refractivity contribution in [2.24, 2.45) is 4.99 Å². The number of ether oxygens (including phenoxy) is 2. The van der Waals surface area contributed by atoms with Crippen LogP contribution in [0.5, 0.6) is 11.5 Å². The van der Waals surface area contributed by atoms with Gasteiger partial charge in [-0.15, -0.1) is 0 Å². The molecule has 0 saturated heterocycles. The zero-order valence-electron chi connectivity index (χ0n) is 18.5. The molecule has 0 aliphatic rings. The Bertz CT molecular complexity index is 1220. The van der Waals surface area contributed by atoms with Crippen LogP contribution in [0.3, 0.4) is 0 Å². The Morgan fingerprint density at radius 3 is 2.24 bits per heavy atom. The van der Waals surface area contributed by atoms with Gasteiger partial charge in [0, 0.05) is 23.4 Å². The second-order valence-electron chi connectivity index (χ2n) is 7.45. The van der Waals surface area contributed by atoms with E-state index in [-0.39, 0.29) is 33.5 Å². The number of amides is 2. The van der Waals surface area contributed by atoms with Crippen molar-refractivity contribution >= 4 is 46.5 Å². The van der Waals surface area contributed by atoms with Gasteiger partial charge < -0.3 is 14.8 Å². The largest absolute Gasteiger partial charge is 0.474 e. The Hall–Kier alpha value is -3.62. The maximum Gasteiger partial charge on any atom is 0.348 e. The summed E-state index contributed by atoms with van der Waals surface area (Å²) in [6.45, 7) is 5.58. The minimum atomic E-state index is -0.671. The predicted molar refractivity (Wildman–Crippen MR) is 133 cm³/mol. The number of aryl methyl sites for hydroxylation is 1. The van der Waals surface area contributed by atoms with E-state index in [2.05, 4.69) is 10.3 Å². The summed E-state index contributed by atoms with van der Waals surface area (Å²) in [6, 6.07) is 15.1. The van der Waals surface area contributed by atoms with Crippen molar-refractivity contribution in [3.8, 4) is 11.5 Å². The standard InChI is InChI=1S/C24H21Cl2N3O5/c1-14(2)33-23(19-7-5-4-6-15(19)3)28-24(30)27-16-12-20(25)22(21(26)13-16)34-18-10-8-17(9-11-18)29(31)32/h4-14H,1-3H3,(H,27,30). The van der Waals surface area contributed by atoms with Crippen LogP contribution in [-0.2, 0) is 4.74 Å². The summed E-state index contributed by atoms with van der Waals surface area (Å²) in [6.07, 6.45) is -0.189. The van der Waals surface area contributed by atoms with E-state index in [4.69, 9.17) is 32.7 Å². The molecule has 2 amide bonds. The second kappa shape index (κ2) is 11.0. The number of nitro groups is 1. The number of anilines is 1. The first kappa shape index (κ1) is 25.0. The lowest BCUT2D eigenvalue weighted by Crippen LogP contribution is -2.18. The first-order valence-corrected chi connectivity index (χ1v) is 10.9. The molecule has 0 spiro atoms. The molecule has 3 aromatic rings. The summed E-state index contributed by atoms with van der Waals surface area (Å²) in [5, 5.41) is 13.7. The summed E-state index contributed by atoms with van der Waals surface area (Å²) in [5.74, 6) is 0.646. The quantitative estimate of drug-likeness (QED) is 0.164. The van der Waals surface area contributed by atoms with E-state index in [0.29, 0.717) is 17.0 Å². The lowest BCUT2D eigenvalue weighted by molar-refractivity contribution is -0.384. The van der Waals surface area contributed by atoms with Gasteiger partial charge in [0.05, 0.1) is 21.1 Å². The Labute approximate surface area is 206 Å². The number of carbonyl (C=O) groups is 1. The molecule has 0 radical (unpaired) electrons. The van der Waals surface area contributed by atoms with Crippen LogP contribution in [0, 0.1) is 17.0 Å². The van der Waals surface area contributed by atoms with Gasteiger partial charge in [0.1, 0.15) is 5.75 Å². The minimum Gasteiger partial charge on any atom is -0.474 e. The van der Waals surface area contributed by atoms with Crippen molar-refractivity contribution in [2.45, 2.75) is 26.9 Å². The van der Waals surface area contributed by atoms with E-state index in [1.807, 2.05) is 45.0 Å². The molecule has 3 aromatic carbocycles. The summed E-state index contributed by atoms with van der Waals surface area (Å²) < 4.78 is 11.4. The zero-order valence-corrected chi connectivity index (χ0v) is 20.1. The molecule has 8 nitrogen and oxygen atoms in total. The number of rotatable bonds is 6. The zero-order chi connectivity index (χ0) is 24.8. The van der Waals surface area contributed by atoms with Gasteiger partial charge in [-0.05, 0) is 56.7 Å². The van der Waals surface area contributed by atoms with Gasteiger partial charge in [-0.3, -0.25) is 10.1 Å². The summed E-state index contributed by atoms with van der Waals surface area (Å²) in [7, 11) is 0. The number of halogens is 2. The van der Waals surface area contributed by atoms with Gasteiger partial charge in [0.15, 0.2) is 5.75 Å². The van der Waals surface area contributed by atoms with E-state index in [1.54, 1.807) is 0 Å². The number of nitrogens with zero attached hydrogens (tertiary/aromatic N) is 2. The first-order chi connectivity index (χ1) is 16.1. The highest BCUT2D eigenvalue weighted by Crippen LogP contribution is 2.39. The molecule has 0 bridgehead atoms. The van der Waals surface area contributed by atoms with Gasteiger partial charge in [-0.25, -0.2) is 4.79 Å². The number of benzene rings is 3. The molecule has 1 N–H and O–H groups in total. The fourth-order valence-corrected chi connectivity index (χ4v) is 3.48. The molecule has 0 atom stereocenters. The van der Waals surface area contributed by atoms with Crippen LogP contribution in [0.2, 0.25) is 10.0 Å². The number of nitrogens with one attached hydrogen (secondary N) is 1. The molecule has 10 heteroatoms. The van der Waals surface area contributed by atoms with E-state index in [9.17, 15) is 14.9 Å². The lowest BCUT2D eigenvalue weighted by atomic mass is 10.1. The van der Waals surface area contributed by atoms with Crippen molar-refractivity contribution in [3.05, 3.63) is 92.0 Å². The Balaban J connectivity index is 1.80. The number of hydrogen-bond acceptors (Lipinski definition) is 5. The van der Waals surface area contributed by atoms with Crippen molar-refractivity contribution < 1.29 is 19.2 Å². The van der Waals surface area contributed by atoms with E-state index in [0.717, 1.165) is 5.56 Å². The first-order valence-electron chi connectivity index (χ1n) is 10.2. The van der Waals surface area contributed by atoms with E-state index >= 15 is 0 Å². The van der Waals surface area contributed by atoms with Gasteiger partial charge in [0.25, 0.3) is 5.69 Å². The highest BCUT2D eigenvalue weighted by molar-refractivity contribution is 6.37. The maximum absolute atomic E-state index is 12.6. The fourth-order valence-electron chi connectivity index (χ4n) is 2.91. The van der Waals surface area contributed by atoms with Crippen LogP contribution in [0.4, 0.5) is 16.2 Å². The predicted octanol–water partition coefficient (Wildman–Crippen LogP) is 7.41. The number of urea groups is 1. The van der Waals surface area contributed by atoms with Crippen LogP contribution in [0.25, 0.3) is 0 Å². The third-order valence-electron chi connectivity index (χ3n) is 4.44. The number of aliphatic imine (C=N–C) groups is 1. The molecule has 34 heavy (non-hydrogen) atoms. The third kappa shape index (κ3) is 6.46. The topological polar surface area (TPSA) is 103 Å². The van der Waals surface area contributed by atoms with Crippen LogP contribution in [-0.4, -0.2) is 23.0 Å². The normalized spacial score (nSPS) is 11.3. The lowest BCUT2D eigenvalue weighted by Gasteiger charge is -2.15. The van der Waals surface area contributed by atoms with Gasteiger partial charge in [0.2, 0.25) is 5.90 Å². The number of non-ortho nitro benzene ring substituents is 1. The molecule has 0 aliphatic carbocycles. The van der Waals surface area contributed by atoms with Crippen LogP contribution >= 0.6 is 23.2 Å². The van der Waals surface area contributed by atoms with Crippen LogP contribution in [0.15, 0.2) is 65.7 Å². The summed E-state index contributed by atoms with van der Waals surface area (Å²) in [5.41, 5.74) is 1.84. The van der Waals surface area contributed by atoms with E-state index < -0.39 is 11.0 Å². The minimum absolute atomic E-state index is 0.0744. The Kier molecular flexibility index (Phi) is 8.09. The van der Waals surface area contributed by atoms with E-state index in [1.165, 1.54) is 36.4 Å². The molecule has 0 heterocycles. The van der Waals surface area contributed by atoms with Crippen LogP contribution < -0.4 is 10.1 Å². The van der Waals surface area contributed by atoms with Crippen molar-refractivity contribution in [3.63, 3.8) is 0 Å². The van der Waals surface area contributed by atoms with Crippen molar-refractivity contribution in [2.75, 3.05) is 5.32 Å². The summed E-state index contributed by atoms with van der Waals surface area (Å²) >= 11 is 12.6. The fraction of sp³-hybridized carbons (Fsp3) is 0.167. The molecule has 0 aromatic heterocycles. The monoisotopic (exact) mass is 501 g/mol. The summed E-state index contributed by atoms with van der Waals surface area (Å²) in [4.78, 5) is 27.0. The number of hydrogen-bond donors (Lipinski definition) is 1. The van der Waals surface area contributed by atoms with Crippen molar-refractivity contribution in [1.82, 2.24) is 0 Å². The average Bonchev–Trinajstić information content (AvgIpc) is 2.76. The molecule has 176 valence electrons. The maximum atomic E-state index is 12.6. The highest BCUT2D eigenvalue weighted by Gasteiger charge is 2.16. The van der Waals surface area contributed by atoms with Gasteiger partial charge >= 0.3 is 6.03 Å². The van der Waals surface area contributed by atoms with Gasteiger partial charge in [-0.2, -0.15) is 4.99 Å². The molecule has 3 rings (SSSR count). The average molecular weight is 502 g/mol. The van der Waals surface area contributed by atoms with Gasteiger partial charge in [-0.1, -0.05) is 41.4 Å². The molecular weight excluding hydrogens is 481 g/mol. The Morgan fingerprint density at radius 2 is 1.68 bits per heavy atom. The second-order valence-corrected chi connectivity index (χ2v) is 8.27. The Morgan fingerprint density at radius 1 is 1.06 bits per heavy atom. The molecule has 0 unspecified atom stereocenters.